The number of allylic oxidation sites excluding steroid dienone is 2. The fraction of sp³-hybridized carbons (Fsp3) is 0.688. The minimum Gasteiger partial charge on any atom is -0.382 e. The summed E-state index contributed by atoms with van der Waals surface area (Å²) < 4.78 is 2.04. The Kier molecular flexibility index (Phi) is 6.12. The SMILES string of the molecule is CCN(CC)CCn1cc(NCC2CC=CCC2)cn1. The van der Waals surface area contributed by atoms with Crippen molar-refractivity contribution in [2.45, 2.75) is 39.7 Å². The van der Waals surface area contributed by atoms with Crippen molar-refractivity contribution in [1.82, 2.24) is 14.7 Å². The van der Waals surface area contributed by atoms with E-state index >= 15 is 0 Å². The molecule has 4 heteroatoms. The summed E-state index contributed by atoms with van der Waals surface area (Å²) in [5, 5.41) is 7.95. The summed E-state index contributed by atoms with van der Waals surface area (Å²) in [7, 11) is 0. The molecule has 1 aliphatic rings. The molecule has 0 aliphatic heterocycles. The van der Waals surface area contributed by atoms with E-state index in [2.05, 4.69) is 47.5 Å². The molecule has 1 N–H and O–H groups in total. The topological polar surface area (TPSA) is 33.1 Å². The molecule has 0 amide bonds. The molecule has 4 nitrogen and oxygen atoms in total. The van der Waals surface area contributed by atoms with Gasteiger partial charge in [0.2, 0.25) is 0 Å². The van der Waals surface area contributed by atoms with Crippen molar-refractivity contribution in [3.63, 3.8) is 0 Å². The fourth-order valence-corrected chi connectivity index (χ4v) is 2.66. The lowest BCUT2D eigenvalue weighted by Crippen LogP contribution is -2.27. The second-order valence-corrected chi connectivity index (χ2v) is 5.55. The molecule has 1 heterocycles. The Labute approximate surface area is 122 Å². The van der Waals surface area contributed by atoms with Crippen molar-refractivity contribution in [3.8, 4) is 0 Å². The van der Waals surface area contributed by atoms with Gasteiger partial charge in [-0.1, -0.05) is 26.0 Å². The average Bonchev–Trinajstić information content (AvgIpc) is 2.95. The van der Waals surface area contributed by atoms with Gasteiger partial charge in [-0.2, -0.15) is 5.10 Å². The van der Waals surface area contributed by atoms with Crippen molar-refractivity contribution in [2.75, 3.05) is 31.5 Å². The Morgan fingerprint density at radius 3 is 2.90 bits per heavy atom. The number of rotatable bonds is 8. The van der Waals surface area contributed by atoms with Gasteiger partial charge in [0.25, 0.3) is 0 Å². The highest BCUT2D eigenvalue weighted by atomic mass is 15.3. The number of anilines is 1. The van der Waals surface area contributed by atoms with Gasteiger partial charge in [0.15, 0.2) is 0 Å². The summed E-state index contributed by atoms with van der Waals surface area (Å²) >= 11 is 0. The Bertz CT molecular complexity index is 406. The normalized spacial score (nSPS) is 18.6. The van der Waals surface area contributed by atoms with Crippen LogP contribution in [0.15, 0.2) is 24.5 Å². The highest BCUT2D eigenvalue weighted by Gasteiger charge is 2.09. The third-order valence-electron chi connectivity index (χ3n) is 4.15. The minimum atomic E-state index is 0.777. The number of nitrogens with one attached hydrogen (secondary N) is 1. The van der Waals surface area contributed by atoms with Crippen LogP contribution in [0.5, 0.6) is 0 Å². The van der Waals surface area contributed by atoms with Gasteiger partial charge in [0, 0.05) is 19.3 Å². The van der Waals surface area contributed by atoms with Crippen molar-refractivity contribution < 1.29 is 0 Å². The second-order valence-electron chi connectivity index (χ2n) is 5.55. The molecular weight excluding hydrogens is 248 g/mol. The third kappa shape index (κ3) is 4.67. The monoisotopic (exact) mass is 276 g/mol. The molecule has 0 radical (unpaired) electrons. The zero-order valence-corrected chi connectivity index (χ0v) is 12.9. The van der Waals surface area contributed by atoms with E-state index in [1.54, 1.807) is 0 Å². The molecule has 0 bridgehead atoms. The molecular formula is C16H28N4. The van der Waals surface area contributed by atoms with Crippen molar-refractivity contribution >= 4 is 5.69 Å². The molecule has 1 aliphatic carbocycles. The van der Waals surface area contributed by atoms with Crippen LogP contribution in [0.4, 0.5) is 5.69 Å². The second kappa shape index (κ2) is 8.10. The third-order valence-corrected chi connectivity index (χ3v) is 4.15. The lowest BCUT2D eigenvalue weighted by Gasteiger charge is -2.18. The standard InChI is InChI=1S/C16H28N4/c1-3-19(4-2)10-11-20-14-16(13-18-20)17-12-15-8-6-5-7-9-15/h5-6,13-15,17H,3-4,7-12H2,1-2H3. The number of nitrogens with zero attached hydrogens (tertiary/aromatic N) is 3. The van der Waals surface area contributed by atoms with Crippen LogP contribution in [-0.4, -0.2) is 40.9 Å². The van der Waals surface area contributed by atoms with Crippen LogP contribution in [-0.2, 0) is 6.54 Å². The van der Waals surface area contributed by atoms with Crippen LogP contribution in [0.3, 0.4) is 0 Å². The predicted octanol–water partition coefficient (Wildman–Crippen LogP) is 2.99. The van der Waals surface area contributed by atoms with Crippen LogP contribution < -0.4 is 5.32 Å². The first kappa shape index (κ1) is 15.1. The van der Waals surface area contributed by atoms with Crippen molar-refractivity contribution in [2.24, 2.45) is 5.92 Å². The van der Waals surface area contributed by atoms with Crippen LogP contribution in [0, 0.1) is 5.92 Å². The highest BCUT2D eigenvalue weighted by molar-refractivity contribution is 5.38. The fourth-order valence-electron chi connectivity index (χ4n) is 2.66. The van der Waals surface area contributed by atoms with E-state index in [0.29, 0.717) is 0 Å². The molecule has 112 valence electrons. The predicted molar refractivity (Wildman–Crippen MR) is 85.0 cm³/mol. The molecule has 0 saturated carbocycles. The van der Waals surface area contributed by atoms with Gasteiger partial charge in [0.05, 0.1) is 18.4 Å². The summed E-state index contributed by atoms with van der Waals surface area (Å²) in [6.45, 7) is 9.73. The van der Waals surface area contributed by atoms with Crippen LogP contribution in [0.2, 0.25) is 0 Å². The van der Waals surface area contributed by atoms with Gasteiger partial charge < -0.3 is 10.2 Å². The molecule has 0 aromatic carbocycles. The quantitative estimate of drug-likeness (QED) is 0.741. The van der Waals surface area contributed by atoms with Gasteiger partial charge in [-0.05, 0) is 38.3 Å². The summed E-state index contributed by atoms with van der Waals surface area (Å²) in [6.07, 6.45) is 12.4. The van der Waals surface area contributed by atoms with Crippen LogP contribution >= 0.6 is 0 Å². The average molecular weight is 276 g/mol. The maximum absolute atomic E-state index is 4.43. The van der Waals surface area contributed by atoms with E-state index in [0.717, 1.165) is 44.3 Å². The maximum atomic E-state index is 4.43. The molecule has 0 saturated heterocycles. The smallest absolute Gasteiger partial charge is 0.0726 e. The lowest BCUT2D eigenvalue weighted by atomic mass is 9.94. The number of hydrogen-bond donors (Lipinski definition) is 1. The van der Waals surface area contributed by atoms with Gasteiger partial charge in [-0.25, -0.2) is 0 Å². The first-order chi connectivity index (χ1) is 9.81. The number of likely N-dealkylation sites (N-methyl/N-ethyl adjacent to an activating group) is 1. The van der Waals surface area contributed by atoms with Crippen molar-refractivity contribution in [3.05, 3.63) is 24.5 Å². The molecule has 0 spiro atoms. The van der Waals surface area contributed by atoms with Gasteiger partial charge in [0.1, 0.15) is 0 Å². The number of hydrogen-bond acceptors (Lipinski definition) is 3. The summed E-state index contributed by atoms with van der Waals surface area (Å²) in [5.41, 5.74) is 1.15. The lowest BCUT2D eigenvalue weighted by molar-refractivity contribution is 0.285. The molecule has 20 heavy (non-hydrogen) atoms. The zero-order chi connectivity index (χ0) is 14.2. The molecule has 1 aromatic rings. The van der Waals surface area contributed by atoms with E-state index in [4.69, 9.17) is 0 Å². The Morgan fingerprint density at radius 1 is 1.35 bits per heavy atom. The minimum absolute atomic E-state index is 0.777. The van der Waals surface area contributed by atoms with Crippen LogP contribution in [0.25, 0.3) is 0 Å². The first-order valence-electron chi connectivity index (χ1n) is 7.95. The largest absolute Gasteiger partial charge is 0.382 e. The Balaban J connectivity index is 1.72. The van der Waals surface area contributed by atoms with Crippen LogP contribution in [0.1, 0.15) is 33.1 Å². The van der Waals surface area contributed by atoms with Gasteiger partial charge >= 0.3 is 0 Å². The van der Waals surface area contributed by atoms with E-state index < -0.39 is 0 Å². The molecule has 1 atom stereocenters. The van der Waals surface area contributed by atoms with Crippen molar-refractivity contribution in [1.29, 1.82) is 0 Å². The summed E-state index contributed by atoms with van der Waals surface area (Å²) in [6, 6.07) is 0. The van der Waals surface area contributed by atoms with E-state index in [1.165, 1.54) is 19.3 Å². The molecule has 1 unspecified atom stereocenters. The summed E-state index contributed by atoms with van der Waals surface area (Å²) in [4.78, 5) is 2.42. The van der Waals surface area contributed by atoms with Gasteiger partial charge in [-0.15, -0.1) is 0 Å². The highest BCUT2D eigenvalue weighted by Crippen LogP contribution is 2.18. The molecule has 0 fully saturated rings. The molecule has 1 aromatic heterocycles. The summed E-state index contributed by atoms with van der Waals surface area (Å²) in [5.74, 6) is 0.777. The Morgan fingerprint density at radius 2 is 2.20 bits per heavy atom. The van der Waals surface area contributed by atoms with E-state index in [-0.39, 0.29) is 0 Å². The van der Waals surface area contributed by atoms with E-state index in [9.17, 15) is 0 Å². The maximum Gasteiger partial charge on any atom is 0.0726 e. The number of aromatic nitrogens is 2. The molecule has 2 rings (SSSR count). The van der Waals surface area contributed by atoms with Gasteiger partial charge in [-0.3, -0.25) is 4.68 Å². The Hall–Kier alpha value is -1.29. The first-order valence-corrected chi connectivity index (χ1v) is 7.95. The zero-order valence-electron chi connectivity index (χ0n) is 12.9. The van der Waals surface area contributed by atoms with E-state index in [1.807, 2.05) is 10.9 Å².